The molecule has 3 aromatic rings. The second-order valence-electron chi connectivity index (χ2n) is 6.92. The van der Waals surface area contributed by atoms with Gasteiger partial charge in [-0.25, -0.2) is 9.67 Å². The van der Waals surface area contributed by atoms with Crippen molar-refractivity contribution in [3.63, 3.8) is 0 Å². The van der Waals surface area contributed by atoms with E-state index in [1.54, 1.807) is 36.1 Å². The second-order valence-corrected chi connectivity index (χ2v) is 6.92. The Morgan fingerprint density at radius 1 is 1.28 bits per heavy atom. The number of amides is 2. The summed E-state index contributed by atoms with van der Waals surface area (Å²) >= 11 is 0. The minimum atomic E-state index is -0.326. The van der Waals surface area contributed by atoms with E-state index in [1.807, 2.05) is 19.2 Å². The predicted octanol–water partition coefficient (Wildman–Crippen LogP) is 1.41. The molecule has 0 aliphatic carbocycles. The van der Waals surface area contributed by atoms with Gasteiger partial charge in [-0.1, -0.05) is 13.0 Å². The Hall–Kier alpha value is -3.49. The number of H-pyrrole nitrogens is 1. The average Bonchev–Trinajstić information content (AvgIpc) is 3.41. The maximum atomic E-state index is 12.4. The van der Waals surface area contributed by atoms with Crippen molar-refractivity contribution in [3.05, 3.63) is 59.9 Å². The molecule has 9 heteroatoms. The van der Waals surface area contributed by atoms with E-state index in [4.69, 9.17) is 0 Å². The SMILES string of the molecule is Cc1[nH]ncc1CCCNC(=O)[C@@H](C)CNC(=O)c1cccc(-n2cncn2)c1. The second kappa shape index (κ2) is 9.63. The lowest BCUT2D eigenvalue weighted by Crippen LogP contribution is -2.37. The molecule has 29 heavy (non-hydrogen) atoms. The first-order chi connectivity index (χ1) is 14.0. The van der Waals surface area contributed by atoms with E-state index < -0.39 is 0 Å². The van der Waals surface area contributed by atoms with Crippen molar-refractivity contribution in [2.24, 2.45) is 5.92 Å². The lowest BCUT2D eigenvalue weighted by atomic mass is 10.1. The number of hydrogen-bond acceptors (Lipinski definition) is 5. The molecule has 0 aliphatic rings. The number of aromatic nitrogens is 5. The Kier molecular flexibility index (Phi) is 6.72. The van der Waals surface area contributed by atoms with Gasteiger partial charge in [0.2, 0.25) is 5.91 Å². The summed E-state index contributed by atoms with van der Waals surface area (Å²) in [5.41, 5.74) is 3.46. The number of carbonyl (C=O) groups is 2. The third-order valence-electron chi connectivity index (χ3n) is 4.66. The number of carbonyl (C=O) groups excluding carboxylic acids is 2. The summed E-state index contributed by atoms with van der Waals surface area (Å²) in [5, 5.41) is 16.7. The molecular weight excluding hydrogens is 370 g/mol. The highest BCUT2D eigenvalue weighted by Crippen LogP contribution is 2.09. The fourth-order valence-electron chi connectivity index (χ4n) is 2.86. The zero-order valence-electron chi connectivity index (χ0n) is 16.6. The first-order valence-corrected chi connectivity index (χ1v) is 9.54. The lowest BCUT2D eigenvalue weighted by Gasteiger charge is -2.13. The van der Waals surface area contributed by atoms with Crippen molar-refractivity contribution in [3.8, 4) is 5.69 Å². The van der Waals surface area contributed by atoms with Gasteiger partial charge < -0.3 is 10.6 Å². The lowest BCUT2D eigenvalue weighted by molar-refractivity contribution is -0.124. The summed E-state index contributed by atoms with van der Waals surface area (Å²) in [4.78, 5) is 28.6. The van der Waals surface area contributed by atoms with Gasteiger partial charge in [-0.2, -0.15) is 10.2 Å². The molecule has 2 aromatic heterocycles. The van der Waals surface area contributed by atoms with Crippen LogP contribution >= 0.6 is 0 Å². The number of rotatable bonds is 9. The van der Waals surface area contributed by atoms with Crippen molar-refractivity contribution in [1.29, 1.82) is 0 Å². The summed E-state index contributed by atoms with van der Waals surface area (Å²) in [6, 6.07) is 7.07. The van der Waals surface area contributed by atoms with Crippen LogP contribution in [0.15, 0.2) is 43.1 Å². The van der Waals surface area contributed by atoms with Gasteiger partial charge in [0.25, 0.3) is 5.91 Å². The van der Waals surface area contributed by atoms with Gasteiger partial charge in [-0.05, 0) is 43.5 Å². The topological polar surface area (TPSA) is 118 Å². The van der Waals surface area contributed by atoms with Gasteiger partial charge >= 0.3 is 0 Å². The molecule has 0 saturated heterocycles. The highest BCUT2D eigenvalue weighted by atomic mass is 16.2. The maximum absolute atomic E-state index is 12.4. The van der Waals surface area contributed by atoms with Gasteiger partial charge in [0.15, 0.2) is 0 Å². The molecule has 3 N–H and O–H groups in total. The van der Waals surface area contributed by atoms with Crippen LogP contribution < -0.4 is 10.6 Å². The van der Waals surface area contributed by atoms with E-state index in [-0.39, 0.29) is 24.3 Å². The molecule has 152 valence electrons. The zero-order chi connectivity index (χ0) is 20.6. The summed E-state index contributed by atoms with van der Waals surface area (Å²) < 4.78 is 1.58. The summed E-state index contributed by atoms with van der Waals surface area (Å²) in [5.74, 6) is -0.638. The Morgan fingerprint density at radius 2 is 2.14 bits per heavy atom. The molecule has 0 fully saturated rings. The first-order valence-electron chi connectivity index (χ1n) is 9.54. The van der Waals surface area contributed by atoms with Crippen LogP contribution in [0.2, 0.25) is 0 Å². The van der Waals surface area contributed by atoms with Crippen molar-refractivity contribution >= 4 is 11.8 Å². The number of nitrogens with zero attached hydrogens (tertiary/aromatic N) is 4. The van der Waals surface area contributed by atoms with Gasteiger partial charge in [-0.3, -0.25) is 14.7 Å². The van der Waals surface area contributed by atoms with Crippen LogP contribution in [-0.2, 0) is 11.2 Å². The smallest absolute Gasteiger partial charge is 0.251 e. The van der Waals surface area contributed by atoms with Crippen molar-refractivity contribution in [1.82, 2.24) is 35.6 Å². The fourth-order valence-corrected chi connectivity index (χ4v) is 2.86. The van der Waals surface area contributed by atoms with Crippen LogP contribution in [0.3, 0.4) is 0 Å². The average molecular weight is 395 g/mol. The molecule has 0 saturated carbocycles. The normalized spacial score (nSPS) is 11.8. The number of benzene rings is 1. The molecule has 1 aromatic carbocycles. The number of nitrogens with one attached hydrogen (secondary N) is 3. The summed E-state index contributed by atoms with van der Waals surface area (Å²) in [7, 11) is 0. The molecule has 0 radical (unpaired) electrons. The number of aromatic amines is 1. The zero-order valence-corrected chi connectivity index (χ0v) is 16.6. The van der Waals surface area contributed by atoms with Gasteiger partial charge in [0.1, 0.15) is 12.7 Å². The van der Waals surface area contributed by atoms with Gasteiger partial charge in [0, 0.05) is 24.3 Å². The minimum Gasteiger partial charge on any atom is -0.356 e. The van der Waals surface area contributed by atoms with Crippen molar-refractivity contribution < 1.29 is 9.59 Å². The van der Waals surface area contributed by atoms with Gasteiger partial charge in [0.05, 0.1) is 17.8 Å². The van der Waals surface area contributed by atoms with Crippen LogP contribution in [-0.4, -0.2) is 49.9 Å². The van der Waals surface area contributed by atoms with E-state index >= 15 is 0 Å². The van der Waals surface area contributed by atoms with Crippen LogP contribution in [0, 0.1) is 12.8 Å². The molecule has 0 aliphatic heterocycles. The Balaban J connectivity index is 1.42. The molecule has 0 unspecified atom stereocenters. The fraction of sp³-hybridized carbons (Fsp3) is 0.350. The van der Waals surface area contributed by atoms with Crippen LogP contribution in [0.5, 0.6) is 0 Å². The predicted molar refractivity (Wildman–Crippen MR) is 108 cm³/mol. The number of hydrogen-bond donors (Lipinski definition) is 3. The Labute approximate surface area is 168 Å². The van der Waals surface area contributed by atoms with E-state index in [2.05, 4.69) is 30.9 Å². The molecule has 3 rings (SSSR count). The summed E-state index contributed by atoms with van der Waals surface area (Å²) in [6.07, 6.45) is 6.50. The van der Waals surface area contributed by atoms with E-state index in [0.29, 0.717) is 12.1 Å². The van der Waals surface area contributed by atoms with Crippen LogP contribution in [0.25, 0.3) is 5.69 Å². The molecular formula is C20H25N7O2. The monoisotopic (exact) mass is 395 g/mol. The minimum absolute atomic E-state index is 0.0782. The highest BCUT2D eigenvalue weighted by Gasteiger charge is 2.15. The third-order valence-corrected chi connectivity index (χ3v) is 4.66. The number of aryl methyl sites for hydroxylation is 2. The Morgan fingerprint density at radius 3 is 2.86 bits per heavy atom. The molecule has 2 heterocycles. The van der Waals surface area contributed by atoms with E-state index in [9.17, 15) is 9.59 Å². The van der Waals surface area contributed by atoms with Crippen molar-refractivity contribution in [2.45, 2.75) is 26.7 Å². The maximum Gasteiger partial charge on any atom is 0.251 e. The Bertz CT molecular complexity index is 949. The first kappa shape index (κ1) is 20.2. The molecule has 1 atom stereocenters. The van der Waals surface area contributed by atoms with E-state index in [1.165, 1.54) is 6.33 Å². The highest BCUT2D eigenvalue weighted by molar-refractivity contribution is 5.95. The quantitative estimate of drug-likeness (QED) is 0.474. The summed E-state index contributed by atoms with van der Waals surface area (Å²) in [6.45, 7) is 4.62. The molecule has 0 bridgehead atoms. The van der Waals surface area contributed by atoms with Crippen LogP contribution in [0.4, 0.5) is 0 Å². The third kappa shape index (κ3) is 5.50. The molecule has 0 spiro atoms. The van der Waals surface area contributed by atoms with E-state index in [0.717, 1.165) is 29.8 Å². The molecule has 9 nitrogen and oxygen atoms in total. The molecule has 2 amide bonds. The van der Waals surface area contributed by atoms with Crippen LogP contribution in [0.1, 0.15) is 35.0 Å². The standard InChI is InChI=1S/C20H25N7O2/c1-14(19(28)22-8-4-6-17-11-24-26-15(17)2)10-23-20(29)16-5-3-7-18(9-16)27-13-21-12-25-27/h3,5,7,9,11-14H,4,6,8,10H2,1-2H3,(H,22,28)(H,23,29)(H,24,26)/t14-/m0/s1. The van der Waals surface area contributed by atoms with Crippen molar-refractivity contribution in [2.75, 3.05) is 13.1 Å². The van der Waals surface area contributed by atoms with Gasteiger partial charge in [-0.15, -0.1) is 0 Å². The largest absolute Gasteiger partial charge is 0.356 e.